The van der Waals surface area contributed by atoms with Crippen LogP contribution in [0.25, 0.3) is 41.6 Å². The summed E-state index contributed by atoms with van der Waals surface area (Å²) >= 11 is 3.19. The van der Waals surface area contributed by atoms with E-state index in [2.05, 4.69) is 12.1 Å². The zero-order valence-corrected chi connectivity index (χ0v) is 16.3. The Hall–Kier alpha value is -3.36. The Morgan fingerprint density at radius 3 is 1.21 bits per heavy atom. The molecule has 138 valence electrons. The van der Waals surface area contributed by atoms with Crippen LogP contribution in [0.5, 0.6) is 0 Å². The largest absolute Gasteiger partial charge is 0.399 e. The quantitative estimate of drug-likeness (QED) is 0.319. The van der Waals surface area contributed by atoms with Gasteiger partial charge in [-0.3, -0.25) is 0 Å². The van der Waals surface area contributed by atoms with Crippen LogP contribution in [-0.2, 0) is 0 Å². The average molecular weight is 405 g/mol. The Morgan fingerprint density at radius 1 is 0.500 bits per heavy atom. The third kappa shape index (κ3) is 2.88. The van der Waals surface area contributed by atoms with Crippen LogP contribution >= 0.6 is 22.7 Å². The number of hydrogen-bond donors (Lipinski definition) is 4. The van der Waals surface area contributed by atoms with E-state index >= 15 is 0 Å². The van der Waals surface area contributed by atoms with E-state index in [0.29, 0.717) is 22.7 Å². The van der Waals surface area contributed by atoms with Crippen molar-refractivity contribution in [2.24, 2.45) is 0 Å². The van der Waals surface area contributed by atoms with Gasteiger partial charge in [0.25, 0.3) is 0 Å². The molecule has 0 unspecified atom stereocenters. The summed E-state index contributed by atoms with van der Waals surface area (Å²) in [4.78, 5) is 9.54. The van der Waals surface area contributed by atoms with E-state index in [1.807, 2.05) is 24.3 Å². The standard InChI is InChI=1S/C20H16N6S2/c21-11-1-9(2-12(22)5-11)19-25-15-7-18-16(8-17(15)27-19)26-20(28-18)10-3-13(23)6-14(24)4-10/h1-8H,21-24H2. The molecule has 0 bridgehead atoms. The highest BCUT2D eigenvalue weighted by atomic mass is 32.1. The van der Waals surface area contributed by atoms with Gasteiger partial charge in [0.1, 0.15) is 10.0 Å². The van der Waals surface area contributed by atoms with Crippen LogP contribution in [0.15, 0.2) is 48.5 Å². The lowest BCUT2D eigenvalue weighted by molar-refractivity contribution is 1.47. The normalized spacial score (nSPS) is 11.4. The van der Waals surface area contributed by atoms with Crippen LogP contribution in [0, 0.1) is 0 Å². The second kappa shape index (κ2) is 6.08. The molecular formula is C20H16N6S2. The van der Waals surface area contributed by atoms with Crippen LogP contribution in [-0.4, -0.2) is 9.97 Å². The number of rotatable bonds is 2. The lowest BCUT2D eigenvalue weighted by Gasteiger charge is -2.00. The van der Waals surface area contributed by atoms with Gasteiger partial charge in [0, 0.05) is 33.9 Å². The molecule has 0 atom stereocenters. The first-order valence-corrected chi connectivity index (χ1v) is 10.1. The summed E-state index contributed by atoms with van der Waals surface area (Å²) in [5, 5.41) is 1.77. The van der Waals surface area contributed by atoms with E-state index in [9.17, 15) is 0 Å². The summed E-state index contributed by atoms with van der Waals surface area (Å²) in [6.45, 7) is 0. The molecule has 0 spiro atoms. The molecule has 5 rings (SSSR count). The summed E-state index contributed by atoms with van der Waals surface area (Å²) in [6.07, 6.45) is 0. The number of benzene rings is 3. The van der Waals surface area contributed by atoms with E-state index in [1.54, 1.807) is 34.8 Å². The lowest BCUT2D eigenvalue weighted by atomic mass is 10.2. The fourth-order valence-electron chi connectivity index (χ4n) is 3.20. The summed E-state index contributed by atoms with van der Waals surface area (Å²) in [6, 6.07) is 15.2. The minimum Gasteiger partial charge on any atom is -0.399 e. The Morgan fingerprint density at radius 2 is 0.857 bits per heavy atom. The van der Waals surface area contributed by atoms with Gasteiger partial charge in [-0.05, 0) is 48.5 Å². The number of thiazole rings is 2. The first-order chi connectivity index (χ1) is 13.4. The van der Waals surface area contributed by atoms with Crippen LogP contribution in [0.4, 0.5) is 22.7 Å². The van der Waals surface area contributed by atoms with E-state index in [1.165, 1.54) is 0 Å². The van der Waals surface area contributed by atoms with E-state index in [-0.39, 0.29) is 0 Å². The predicted molar refractivity (Wildman–Crippen MR) is 121 cm³/mol. The van der Waals surface area contributed by atoms with Gasteiger partial charge >= 0.3 is 0 Å². The number of fused-ring (bicyclic) bond motifs is 2. The molecule has 8 N–H and O–H groups in total. The highest BCUT2D eigenvalue weighted by Gasteiger charge is 2.13. The third-order valence-electron chi connectivity index (χ3n) is 4.35. The maximum atomic E-state index is 5.92. The molecule has 28 heavy (non-hydrogen) atoms. The average Bonchev–Trinajstić information content (AvgIpc) is 3.20. The summed E-state index contributed by atoms with van der Waals surface area (Å²) in [7, 11) is 0. The molecule has 0 fully saturated rings. The number of nitrogens with zero attached hydrogens (tertiary/aromatic N) is 2. The summed E-state index contributed by atoms with van der Waals surface area (Å²) in [5.41, 5.74) is 29.9. The van der Waals surface area contributed by atoms with Gasteiger partial charge in [0.05, 0.1) is 20.4 Å². The van der Waals surface area contributed by atoms with Crippen LogP contribution in [0.3, 0.4) is 0 Å². The highest BCUT2D eigenvalue weighted by molar-refractivity contribution is 7.23. The molecule has 5 aromatic rings. The molecule has 2 heterocycles. The molecule has 2 aromatic heterocycles. The zero-order chi connectivity index (χ0) is 19.4. The zero-order valence-electron chi connectivity index (χ0n) is 14.6. The highest BCUT2D eigenvalue weighted by Crippen LogP contribution is 2.38. The van der Waals surface area contributed by atoms with Crippen molar-refractivity contribution in [3.63, 3.8) is 0 Å². The third-order valence-corrected chi connectivity index (χ3v) is 6.48. The Labute approximate surface area is 168 Å². The lowest BCUT2D eigenvalue weighted by Crippen LogP contribution is -1.91. The molecular weight excluding hydrogens is 388 g/mol. The van der Waals surface area contributed by atoms with E-state index in [0.717, 1.165) is 41.6 Å². The minimum absolute atomic E-state index is 0.628. The Balaban J connectivity index is 1.62. The Kier molecular flexibility index (Phi) is 3.65. The first-order valence-electron chi connectivity index (χ1n) is 8.48. The van der Waals surface area contributed by atoms with Gasteiger partial charge in [-0.1, -0.05) is 0 Å². The fourth-order valence-corrected chi connectivity index (χ4v) is 5.13. The summed E-state index contributed by atoms with van der Waals surface area (Å²) in [5.74, 6) is 0. The molecule has 0 aliphatic heterocycles. The van der Waals surface area contributed by atoms with E-state index < -0.39 is 0 Å². The molecule has 0 radical (unpaired) electrons. The van der Waals surface area contributed by atoms with Crippen molar-refractivity contribution in [1.29, 1.82) is 0 Å². The molecule has 6 nitrogen and oxygen atoms in total. The predicted octanol–water partition coefficient (Wildman–Crippen LogP) is 4.57. The van der Waals surface area contributed by atoms with Crippen molar-refractivity contribution in [1.82, 2.24) is 9.97 Å². The number of nitrogen functional groups attached to an aromatic ring is 4. The van der Waals surface area contributed by atoms with Gasteiger partial charge in [-0.2, -0.15) is 0 Å². The maximum absolute atomic E-state index is 5.92. The van der Waals surface area contributed by atoms with Gasteiger partial charge in [0.15, 0.2) is 0 Å². The number of aromatic nitrogens is 2. The van der Waals surface area contributed by atoms with Crippen molar-refractivity contribution >= 4 is 65.9 Å². The second-order valence-electron chi connectivity index (χ2n) is 6.60. The SMILES string of the molecule is Nc1cc(N)cc(-c2nc3cc4sc(-c5cc(N)cc(N)c5)nc4cc3s2)c1. The minimum atomic E-state index is 0.628. The van der Waals surface area contributed by atoms with Crippen molar-refractivity contribution < 1.29 is 0 Å². The van der Waals surface area contributed by atoms with Crippen LogP contribution in [0.2, 0.25) is 0 Å². The molecule has 0 aliphatic carbocycles. The molecule has 3 aromatic carbocycles. The number of nitrogens with two attached hydrogens (primary N) is 4. The van der Waals surface area contributed by atoms with Crippen molar-refractivity contribution in [2.75, 3.05) is 22.9 Å². The smallest absolute Gasteiger partial charge is 0.124 e. The van der Waals surface area contributed by atoms with Crippen molar-refractivity contribution in [3.8, 4) is 21.1 Å². The number of anilines is 4. The molecule has 8 heteroatoms. The van der Waals surface area contributed by atoms with Gasteiger partial charge in [-0.25, -0.2) is 9.97 Å². The molecule has 0 aliphatic rings. The van der Waals surface area contributed by atoms with Crippen LogP contribution in [0.1, 0.15) is 0 Å². The van der Waals surface area contributed by atoms with Crippen molar-refractivity contribution in [2.45, 2.75) is 0 Å². The van der Waals surface area contributed by atoms with Crippen molar-refractivity contribution in [3.05, 3.63) is 48.5 Å². The first kappa shape index (κ1) is 16.8. The molecule has 0 amide bonds. The fraction of sp³-hybridized carbons (Fsp3) is 0. The molecule has 0 saturated heterocycles. The van der Waals surface area contributed by atoms with Gasteiger partial charge < -0.3 is 22.9 Å². The van der Waals surface area contributed by atoms with Gasteiger partial charge in [-0.15, -0.1) is 22.7 Å². The monoisotopic (exact) mass is 404 g/mol. The summed E-state index contributed by atoms with van der Waals surface area (Å²) < 4.78 is 2.12. The number of hydrogen-bond acceptors (Lipinski definition) is 8. The maximum Gasteiger partial charge on any atom is 0.124 e. The molecule has 0 saturated carbocycles. The Bertz CT molecular complexity index is 1180. The second-order valence-corrected chi connectivity index (χ2v) is 8.66. The van der Waals surface area contributed by atoms with Crippen LogP contribution < -0.4 is 22.9 Å². The van der Waals surface area contributed by atoms with E-state index in [4.69, 9.17) is 32.9 Å². The van der Waals surface area contributed by atoms with Gasteiger partial charge in [0.2, 0.25) is 0 Å². The topological polar surface area (TPSA) is 130 Å².